The highest BCUT2D eigenvalue weighted by molar-refractivity contribution is 7.89. The van der Waals surface area contributed by atoms with Crippen LogP contribution in [0.2, 0.25) is 0 Å². The molecule has 0 spiro atoms. The number of rotatable bonds is 5. The molecule has 9 nitrogen and oxygen atoms in total. The molecule has 10 heteroatoms. The fourth-order valence-corrected chi connectivity index (χ4v) is 4.76. The van der Waals surface area contributed by atoms with Gasteiger partial charge in [-0.3, -0.25) is 4.79 Å². The normalized spacial score (nSPS) is 18.7. The molecule has 1 aliphatic carbocycles. The lowest BCUT2D eigenvalue weighted by molar-refractivity contribution is 0.0754. The van der Waals surface area contributed by atoms with Crippen molar-refractivity contribution in [3.63, 3.8) is 0 Å². The number of aromatic nitrogens is 3. The molecule has 0 radical (unpaired) electrons. The van der Waals surface area contributed by atoms with Crippen LogP contribution in [0.3, 0.4) is 0 Å². The van der Waals surface area contributed by atoms with Gasteiger partial charge < -0.3 is 14.3 Å². The van der Waals surface area contributed by atoms with Crippen LogP contribution in [0.25, 0.3) is 11.6 Å². The molecule has 1 saturated carbocycles. The maximum Gasteiger partial charge on any atom is 0.311 e. The van der Waals surface area contributed by atoms with E-state index >= 15 is 0 Å². The van der Waals surface area contributed by atoms with Crippen molar-refractivity contribution in [1.29, 1.82) is 0 Å². The third kappa shape index (κ3) is 3.38. The first-order valence-corrected chi connectivity index (χ1v) is 10.4. The van der Waals surface area contributed by atoms with Crippen LogP contribution in [-0.2, 0) is 10.0 Å². The summed E-state index contributed by atoms with van der Waals surface area (Å²) in [6.45, 7) is 1.38. The third-order valence-electron chi connectivity index (χ3n) is 4.88. The van der Waals surface area contributed by atoms with E-state index in [1.165, 1.54) is 12.3 Å². The van der Waals surface area contributed by atoms with E-state index < -0.39 is 10.0 Å². The molecule has 3 heterocycles. The molecular weight excluding hydrogens is 358 g/mol. The molecule has 0 aromatic carbocycles. The van der Waals surface area contributed by atoms with E-state index in [0.717, 1.165) is 38.5 Å². The van der Waals surface area contributed by atoms with Crippen LogP contribution in [0.1, 0.15) is 49.2 Å². The van der Waals surface area contributed by atoms with Crippen LogP contribution in [0.15, 0.2) is 21.6 Å². The van der Waals surface area contributed by atoms with Crippen molar-refractivity contribution in [1.82, 2.24) is 24.8 Å². The van der Waals surface area contributed by atoms with E-state index in [0.29, 0.717) is 18.8 Å². The number of aromatic amines is 1. The summed E-state index contributed by atoms with van der Waals surface area (Å²) in [7, 11) is -3.60. The number of carbonyl (C=O) groups is 1. The Morgan fingerprint density at radius 1 is 1.19 bits per heavy atom. The Labute approximate surface area is 151 Å². The number of sulfonamides is 1. The molecule has 0 unspecified atom stereocenters. The van der Waals surface area contributed by atoms with Crippen LogP contribution < -0.4 is 4.72 Å². The summed E-state index contributed by atoms with van der Waals surface area (Å²) in [6, 6.07) is 1.43. The van der Waals surface area contributed by atoms with Crippen LogP contribution in [-0.4, -0.2) is 53.5 Å². The van der Waals surface area contributed by atoms with Crippen molar-refractivity contribution in [2.75, 3.05) is 13.1 Å². The Kier molecular flexibility index (Phi) is 4.53. The van der Waals surface area contributed by atoms with Crippen molar-refractivity contribution in [3.05, 3.63) is 18.2 Å². The minimum absolute atomic E-state index is 0.00793. The lowest BCUT2D eigenvalue weighted by Gasteiger charge is -2.11. The van der Waals surface area contributed by atoms with Gasteiger partial charge in [0.05, 0.1) is 0 Å². The van der Waals surface area contributed by atoms with Crippen molar-refractivity contribution in [3.8, 4) is 11.6 Å². The van der Waals surface area contributed by atoms with Gasteiger partial charge in [0.15, 0.2) is 0 Å². The van der Waals surface area contributed by atoms with E-state index in [9.17, 15) is 13.2 Å². The second-order valence-electron chi connectivity index (χ2n) is 6.76. The maximum absolute atomic E-state index is 12.5. The van der Waals surface area contributed by atoms with Gasteiger partial charge in [0.25, 0.3) is 5.89 Å². The lowest BCUT2D eigenvalue weighted by atomic mass is 10.3. The Morgan fingerprint density at radius 2 is 1.92 bits per heavy atom. The number of hydrogen-bond acceptors (Lipinski definition) is 6. The number of nitrogens with one attached hydrogen (secondary N) is 2. The molecular formula is C16H21N5O4S. The molecule has 140 valence electrons. The SMILES string of the molecule is O=C(c1nnc(-c2cc(S(=O)(=O)NC3CCCC3)c[nH]2)o1)N1CCCC1. The zero-order valence-electron chi connectivity index (χ0n) is 14.3. The Morgan fingerprint density at radius 3 is 2.65 bits per heavy atom. The number of H-pyrrole nitrogens is 1. The van der Waals surface area contributed by atoms with Gasteiger partial charge in [-0.05, 0) is 31.7 Å². The first kappa shape index (κ1) is 17.2. The fourth-order valence-electron chi connectivity index (χ4n) is 3.46. The average Bonchev–Trinajstić information content (AvgIpc) is 3.41. The number of amides is 1. The average molecular weight is 379 g/mol. The molecule has 26 heavy (non-hydrogen) atoms. The largest absolute Gasteiger partial charge is 0.411 e. The van der Waals surface area contributed by atoms with Gasteiger partial charge >= 0.3 is 11.8 Å². The number of hydrogen-bond donors (Lipinski definition) is 2. The summed E-state index contributed by atoms with van der Waals surface area (Å²) >= 11 is 0. The third-order valence-corrected chi connectivity index (χ3v) is 6.38. The second kappa shape index (κ2) is 6.84. The molecule has 0 bridgehead atoms. The van der Waals surface area contributed by atoms with E-state index in [4.69, 9.17) is 4.42 Å². The highest BCUT2D eigenvalue weighted by Crippen LogP contribution is 2.24. The summed E-state index contributed by atoms with van der Waals surface area (Å²) in [5, 5.41) is 7.67. The minimum atomic E-state index is -3.60. The highest BCUT2D eigenvalue weighted by atomic mass is 32.2. The molecule has 2 aliphatic rings. The van der Waals surface area contributed by atoms with Gasteiger partial charge in [-0.15, -0.1) is 10.2 Å². The predicted octanol–water partition coefficient (Wildman–Crippen LogP) is 1.52. The summed E-state index contributed by atoms with van der Waals surface area (Å²) in [4.78, 5) is 16.9. The molecule has 0 atom stereocenters. The molecule has 2 aromatic heterocycles. The highest BCUT2D eigenvalue weighted by Gasteiger charge is 2.27. The summed E-state index contributed by atoms with van der Waals surface area (Å²) in [5.41, 5.74) is 0.366. The summed E-state index contributed by atoms with van der Waals surface area (Å²) < 4.78 is 33.1. The van der Waals surface area contributed by atoms with Crippen molar-refractivity contribution < 1.29 is 17.6 Å². The quantitative estimate of drug-likeness (QED) is 0.812. The molecule has 2 aromatic rings. The molecule has 4 rings (SSSR count). The molecule has 2 fully saturated rings. The molecule has 1 aliphatic heterocycles. The van der Waals surface area contributed by atoms with Crippen LogP contribution in [0, 0.1) is 0 Å². The minimum Gasteiger partial charge on any atom is -0.411 e. The monoisotopic (exact) mass is 379 g/mol. The smallest absolute Gasteiger partial charge is 0.311 e. The van der Waals surface area contributed by atoms with E-state index in [1.54, 1.807) is 4.90 Å². The van der Waals surface area contributed by atoms with Crippen molar-refractivity contribution >= 4 is 15.9 Å². The van der Waals surface area contributed by atoms with Gasteiger partial charge in [-0.2, -0.15) is 0 Å². The lowest BCUT2D eigenvalue weighted by Crippen LogP contribution is -2.32. The van der Waals surface area contributed by atoms with Crippen molar-refractivity contribution in [2.45, 2.75) is 49.5 Å². The Balaban J connectivity index is 1.50. The van der Waals surface area contributed by atoms with E-state index in [-0.39, 0.29) is 28.6 Å². The Hall–Kier alpha value is -2.20. The number of nitrogens with zero attached hydrogens (tertiary/aromatic N) is 3. The standard InChI is InChI=1S/C16H21N5O4S/c22-16(21-7-3-4-8-21)15-19-18-14(25-15)13-9-12(10-17-13)26(23,24)20-11-5-1-2-6-11/h9-11,17,20H,1-8H2. The first-order valence-electron chi connectivity index (χ1n) is 8.87. The zero-order valence-corrected chi connectivity index (χ0v) is 15.1. The molecule has 2 N–H and O–H groups in total. The van der Waals surface area contributed by atoms with Gasteiger partial charge in [-0.1, -0.05) is 12.8 Å². The van der Waals surface area contributed by atoms with E-state index in [1.807, 2.05) is 0 Å². The summed E-state index contributed by atoms with van der Waals surface area (Å²) in [5.74, 6) is -0.275. The number of carbonyl (C=O) groups excluding carboxylic acids is 1. The van der Waals surface area contributed by atoms with Crippen LogP contribution >= 0.6 is 0 Å². The molecule has 1 amide bonds. The fraction of sp³-hybridized carbons (Fsp3) is 0.562. The van der Waals surface area contributed by atoms with Gasteiger partial charge in [0.1, 0.15) is 10.6 Å². The van der Waals surface area contributed by atoms with Gasteiger partial charge in [-0.25, -0.2) is 13.1 Å². The van der Waals surface area contributed by atoms with Crippen LogP contribution in [0.4, 0.5) is 0 Å². The summed E-state index contributed by atoms with van der Waals surface area (Å²) in [6.07, 6.45) is 7.14. The topological polar surface area (TPSA) is 121 Å². The maximum atomic E-state index is 12.5. The van der Waals surface area contributed by atoms with Crippen LogP contribution in [0.5, 0.6) is 0 Å². The number of likely N-dealkylation sites (tertiary alicyclic amines) is 1. The predicted molar refractivity (Wildman–Crippen MR) is 91.8 cm³/mol. The van der Waals surface area contributed by atoms with Gasteiger partial charge in [0, 0.05) is 25.3 Å². The second-order valence-corrected chi connectivity index (χ2v) is 8.48. The van der Waals surface area contributed by atoms with Gasteiger partial charge in [0.2, 0.25) is 10.0 Å². The molecule has 1 saturated heterocycles. The zero-order chi connectivity index (χ0) is 18.1. The van der Waals surface area contributed by atoms with Crippen molar-refractivity contribution in [2.24, 2.45) is 0 Å². The first-order chi connectivity index (χ1) is 12.5. The van der Waals surface area contributed by atoms with E-state index in [2.05, 4.69) is 19.9 Å². The Bertz CT molecular complexity index is 891.